The minimum Gasteiger partial charge on any atom is -0.326 e. The van der Waals surface area contributed by atoms with Gasteiger partial charge < -0.3 is 5.73 Å². The van der Waals surface area contributed by atoms with Gasteiger partial charge >= 0.3 is 0 Å². The zero-order valence-electron chi connectivity index (χ0n) is 9.93. The summed E-state index contributed by atoms with van der Waals surface area (Å²) in [7, 11) is 0. The van der Waals surface area contributed by atoms with E-state index in [1.165, 1.54) is 0 Å². The summed E-state index contributed by atoms with van der Waals surface area (Å²) < 4.78 is 2.73. The topological polar surface area (TPSA) is 43.8 Å². The molecule has 0 bridgehead atoms. The van der Waals surface area contributed by atoms with Crippen molar-refractivity contribution in [3.63, 3.8) is 0 Å². The minimum atomic E-state index is 0.0454. The molecule has 0 spiro atoms. The van der Waals surface area contributed by atoms with Gasteiger partial charge in [-0.1, -0.05) is 18.5 Å². The van der Waals surface area contributed by atoms with Crippen LogP contribution in [0.2, 0.25) is 4.34 Å². The van der Waals surface area contributed by atoms with Gasteiger partial charge in [-0.2, -0.15) is 5.10 Å². The van der Waals surface area contributed by atoms with E-state index in [9.17, 15) is 0 Å². The largest absolute Gasteiger partial charge is 0.326 e. The van der Waals surface area contributed by atoms with Crippen LogP contribution in [-0.2, 0) is 0 Å². The van der Waals surface area contributed by atoms with Crippen molar-refractivity contribution < 1.29 is 0 Å². The van der Waals surface area contributed by atoms with Gasteiger partial charge in [0.2, 0.25) is 0 Å². The van der Waals surface area contributed by atoms with Gasteiger partial charge in [0.25, 0.3) is 0 Å². The predicted molar refractivity (Wildman–Crippen MR) is 72.7 cm³/mol. The van der Waals surface area contributed by atoms with Crippen molar-refractivity contribution in [2.45, 2.75) is 32.4 Å². The van der Waals surface area contributed by atoms with E-state index in [1.54, 1.807) is 11.3 Å². The Hall–Kier alpha value is -0.840. The standard InChI is InChI=1S/C12H16ClN3S/c1-3-9(14)12(10-4-5-11(13)17-10)16-7-6-8(2)15-16/h4-7,9,12H,3,14H2,1-2H3. The van der Waals surface area contributed by atoms with Crippen LogP contribution in [0.25, 0.3) is 0 Å². The fourth-order valence-electron chi connectivity index (χ4n) is 1.84. The van der Waals surface area contributed by atoms with Crippen molar-refractivity contribution in [2.75, 3.05) is 0 Å². The molecule has 0 aliphatic rings. The zero-order valence-corrected chi connectivity index (χ0v) is 11.5. The molecule has 0 aliphatic heterocycles. The quantitative estimate of drug-likeness (QED) is 0.926. The first-order valence-corrected chi connectivity index (χ1v) is 6.84. The summed E-state index contributed by atoms with van der Waals surface area (Å²) in [5.41, 5.74) is 7.20. The molecule has 2 aromatic rings. The zero-order chi connectivity index (χ0) is 12.4. The van der Waals surface area contributed by atoms with Crippen LogP contribution >= 0.6 is 22.9 Å². The lowest BCUT2D eigenvalue weighted by Gasteiger charge is -2.22. The molecule has 5 heteroatoms. The monoisotopic (exact) mass is 269 g/mol. The lowest BCUT2D eigenvalue weighted by molar-refractivity contribution is 0.428. The van der Waals surface area contributed by atoms with Crippen molar-refractivity contribution in [2.24, 2.45) is 5.73 Å². The van der Waals surface area contributed by atoms with Gasteiger partial charge in [0.1, 0.15) is 6.04 Å². The van der Waals surface area contributed by atoms with E-state index in [0.29, 0.717) is 0 Å². The highest BCUT2D eigenvalue weighted by molar-refractivity contribution is 7.16. The Balaban J connectivity index is 2.38. The normalized spacial score (nSPS) is 14.8. The van der Waals surface area contributed by atoms with Crippen LogP contribution in [0.1, 0.15) is 30.0 Å². The summed E-state index contributed by atoms with van der Waals surface area (Å²) in [5, 5.41) is 4.47. The Morgan fingerprint density at radius 3 is 2.71 bits per heavy atom. The molecule has 3 nitrogen and oxygen atoms in total. The first-order valence-electron chi connectivity index (χ1n) is 5.64. The number of aromatic nitrogens is 2. The van der Waals surface area contributed by atoms with Crippen molar-refractivity contribution in [3.05, 3.63) is 39.3 Å². The van der Waals surface area contributed by atoms with Gasteiger partial charge in [0, 0.05) is 17.1 Å². The van der Waals surface area contributed by atoms with Crippen LogP contribution in [-0.4, -0.2) is 15.8 Å². The van der Waals surface area contributed by atoms with E-state index in [4.69, 9.17) is 17.3 Å². The molecule has 0 amide bonds. The highest BCUT2D eigenvalue weighted by Crippen LogP contribution is 2.31. The molecule has 2 rings (SSSR count). The average Bonchev–Trinajstić information content (AvgIpc) is 2.89. The third-order valence-electron chi connectivity index (χ3n) is 2.79. The highest BCUT2D eigenvalue weighted by atomic mass is 35.5. The number of hydrogen-bond acceptors (Lipinski definition) is 3. The Morgan fingerprint density at radius 1 is 1.47 bits per heavy atom. The van der Waals surface area contributed by atoms with E-state index < -0.39 is 0 Å². The predicted octanol–water partition coefficient (Wildman–Crippen LogP) is 3.23. The maximum atomic E-state index is 6.20. The van der Waals surface area contributed by atoms with Gasteiger partial charge in [0.15, 0.2) is 0 Å². The molecule has 0 saturated heterocycles. The second kappa shape index (κ2) is 5.21. The van der Waals surface area contributed by atoms with Crippen molar-refractivity contribution in [1.29, 1.82) is 0 Å². The summed E-state index contributed by atoms with van der Waals surface area (Å²) in [6.07, 6.45) is 2.88. The van der Waals surface area contributed by atoms with Gasteiger partial charge in [-0.25, -0.2) is 0 Å². The smallest absolute Gasteiger partial charge is 0.101 e. The molecule has 2 aromatic heterocycles. The minimum absolute atomic E-state index is 0.0454. The van der Waals surface area contributed by atoms with E-state index in [2.05, 4.69) is 12.0 Å². The molecular formula is C12H16ClN3S. The van der Waals surface area contributed by atoms with Gasteiger partial charge in [-0.05, 0) is 31.5 Å². The van der Waals surface area contributed by atoms with Crippen molar-refractivity contribution >= 4 is 22.9 Å². The van der Waals surface area contributed by atoms with Gasteiger partial charge in [0.05, 0.1) is 10.0 Å². The number of nitrogens with two attached hydrogens (primary N) is 1. The fourth-order valence-corrected chi connectivity index (χ4v) is 3.07. The maximum Gasteiger partial charge on any atom is 0.101 e. The van der Waals surface area contributed by atoms with Crippen LogP contribution in [0.3, 0.4) is 0 Å². The molecular weight excluding hydrogens is 254 g/mol. The molecule has 92 valence electrons. The third kappa shape index (κ3) is 2.70. The van der Waals surface area contributed by atoms with Gasteiger partial charge in [-0.3, -0.25) is 4.68 Å². The second-order valence-electron chi connectivity index (χ2n) is 4.10. The molecule has 0 aromatic carbocycles. The lowest BCUT2D eigenvalue weighted by Crippen LogP contribution is -2.32. The second-order valence-corrected chi connectivity index (χ2v) is 5.84. The van der Waals surface area contributed by atoms with Crippen LogP contribution < -0.4 is 5.73 Å². The lowest BCUT2D eigenvalue weighted by atomic mass is 10.1. The summed E-state index contributed by atoms with van der Waals surface area (Å²) in [6, 6.07) is 6.05. The Kier molecular flexibility index (Phi) is 3.86. The van der Waals surface area contributed by atoms with Crippen LogP contribution in [0.4, 0.5) is 0 Å². The molecule has 2 heterocycles. The first kappa shape index (κ1) is 12.6. The number of thiophene rings is 1. The van der Waals surface area contributed by atoms with E-state index in [0.717, 1.165) is 21.3 Å². The Morgan fingerprint density at radius 2 is 2.24 bits per heavy atom. The molecule has 17 heavy (non-hydrogen) atoms. The fraction of sp³-hybridized carbons (Fsp3) is 0.417. The molecule has 0 saturated carbocycles. The third-order valence-corrected chi connectivity index (χ3v) is 4.09. The van der Waals surface area contributed by atoms with Crippen LogP contribution in [0.15, 0.2) is 24.4 Å². The summed E-state index contributed by atoms with van der Waals surface area (Å²) in [6.45, 7) is 4.07. The Bertz CT molecular complexity index is 451. The maximum absolute atomic E-state index is 6.20. The van der Waals surface area contributed by atoms with Crippen LogP contribution in [0, 0.1) is 6.92 Å². The number of rotatable bonds is 4. The number of halogens is 1. The number of aryl methyl sites for hydroxylation is 1. The molecule has 0 aliphatic carbocycles. The summed E-state index contributed by atoms with van der Waals surface area (Å²) in [4.78, 5) is 1.16. The van der Waals surface area contributed by atoms with E-state index in [-0.39, 0.29) is 12.1 Å². The molecule has 2 atom stereocenters. The average molecular weight is 270 g/mol. The SMILES string of the molecule is CCC(N)C(c1ccc(Cl)s1)n1ccc(C)n1. The number of nitrogens with zero attached hydrogens (tertiary/aromatic N) is 2. The van der Waals surface area contributed by atoms with Crippen LogP contribution in [0.5, 0.6) is 0 Å². The Labute approximate surface area is 110 Å². The summed E-state index contributed by atoms with van der Waals surface area (Å²) >= 11 is 7.56. The molecule has 2 unspecified atom stereocenters. The molecule has 2 N–H and O–H groups in total. The number of hydrogen-bond donors (Lipinski definition) is 1. The highest BCUT2D eigenvalue weighted by Gasteiger charge is 2.22. The first-order chi connectivity index (χ1) is 8.11. The van der Waals surface area contributed by atoms with E-state index in [1.807, 2.05) is 36.0 Å². The van der Waals surface area contributed by atoms with E-state index >= 15 is 0 Å². The van der Waals surface area contributed by atoms with Crippen molar-refractivity contribution in [1.82, 2.24) is 9.78 Å². The summed E-state index contributed by atoms with van der Waals surface area (Å²) in [5.74, 6) is 0. The van der Waals surface area contributed by atoms with Crippen molar-refractivity contribution in [3.8, 4) is 0 Å². The molecule has 0 radical (unpaired) electrons. The van der Waals surface area contributed by atoms with Gasteiger partial charge in [-0.15, -0.1) is 11.3 Å². The molecule has 0 fully saturated rings.